The van der Waals surface area contributed by atoms with Crippen LogP contribution in [0.15, 0.2) is 61.1 Å². The molecule has 1 aliphatic heterocycles. The van der Waals surface area contributed by atoms with Gasteiger partial charge in [-0.1, -0.05) is 6.92 Å². The SMILES string of the molecule is CCNCc1cncc(-c2ccc3[nH]nc(-c4nc5c([nH]4)C(c4ccc(C)s4)=CC=CN5)c3c2F)c1. The number of hydrogen-bond acceptors (Lipinski definition) is 6. The van der Waals surface area contributed by atoms with Crippen molar-refractivity contribution in [2.45, 2.75) is 20.4 Å². The van der Waals surface area contributed by atoms with Crippen LogP contribution in [-0.2, 0) is 6.54 Å². The number of aromatic amines is 2. The zero-order chi connectivity index (χ0) is 24.6. The Kier molecular flexibility index (Phi) is 5.71. The molecular formula is C27H24FN7S. The van der Waals surface area contributed by atoms with Crippen LogP contribution in [0.5, 0.6) is 0 Å². The predicted molar refractivity (Wildman–Crippen MR) is 143 cm³/mol. The lowest BCUT2D eigenvalue weighted by Gasteiger charge is -2.08. The first kappa shape index (κ1) is 22.4. The minimum atomic E-state index is -0.359. The maximum atomic E-state index is 16.0. The summed E-state index contributed by atoms with van der Waals surface area (Å²) in [6, 6.07) is 9.77. The summed E-state index contributed by atoms with van der Waals surface area (Å²) in [4.78, 5) is 14.8. The molecule has 0 amide bonds. The highest BCUT2D eigenvalue weighted by atomic mass is 32.1. The van der Waals surface area contributed by atoms with Gasteiger partial charge in [-0.25, -0.2) is 9.37 Å². The van der Waals surface area contributed by atoms with Crippen LogP contribution in [0.3, 0.4) is 0 Å². The molecule has 1 aliphatic rings. The molecule has 36 heavy (non-hydrogen) atoms. The summed E-state index contributed by atoms with van der Waals surface area (Å²) in [6.45, 7) is 5.66. The van der Waals surface area contributed by atoms with E-state index in [-0.39, 0.29) is 5.82 Å². The highest BCUT2D eigenvalue weighted by Gasteiger charge is 2.23. The van der Waals surface area contributed by atoms with Gasteiger partial charge in [-0.15, -0.1) is 11.3 Å². The van der Waals surface area contributed by atoms with Crippen LogP contribution in [0.25, 0.3) is 39.1 Å². The number of nitrogens with one attached hydrogen (secondary N) is 4. The number of nitrogens with zero attached hydrogens (tertiary/aromatic N) is 3. The molecule has 5 aromatic rings. The molecular weight excluding hydrogens is 473 g/mol. The smallest absolute Gasteiger partial charge is 0.161 e. The number of anilines is 1. The normalized spacial score (nSPS) is 12.9. The van der Waals surface area contributed by atoms with E-state index < -0.39 is 0 Å². The Bertz CT molecular complexity index is 1640. The summed E-state index contributed by atoms with van der Waals surface area (Å²) in [6.07, 6.45) is 9.31. The lowest BCUT2D eigenvalue weighted by atomic mass is 10.0. The second-order valence-corrected chi connectivity index (χ2v) is 9.88. The molecule has 0 atom stereocenters. The maximum absolute atomic E-state index is 16.0. The third-order valence-corrected chi connectivity index (χ3v) is 7.17. The number of rotatable bonds is 6. The molecule has 0 radical (unpaired) electrons. The second kappa shape index (κ2) is 9.18. The van der Waals surface area contributed by atoms with Gasteiger partial charge in [-0.3, -0.25) is 10.1 Å². The molecule has 4 aromatic heterocycles. The first-order chi connectivity index (χ1) is 17.6. The van der Waals surface area contributed by atoms with Crippen molar-refractivity contribution in [1.29, 1.82) is 0 Å². The fourth-order valence-corrected chi connectivity index (χ4v) is 5.29. The van der Waals surface area contributed by atoms with E-state index in [1.165, 1.54) is 4.88 Å². The van der Waals surface area contributed by atoms with Crippen molar-refractivity contribution in [2.24, 2.45) is 0 Å². The number of aromatic nitrogens is 5. The fourth-order valence-electron chi connectivity index (χ4n) is 4.39. The average Bonchev–Trinajstić information content (AvgIpc) is 3.59. The van der Waals surface area contributed by atoms with Gasteiger partial charge in [-0.05, 0) is 61.5 Å². The summed E-state index contributed by atoms with van der Waals surface area (Å²) < 4.78 is 16.0. The fraction of sp³-hybridized carbons (Fsp3) is 0.148. The number of hydrogen-bond donors (Lipinski definition) is 4. The van der Waals surface area contributed by atoms with Crippen molar-refractivity contribution >= 4 is 33.6 Å². The number of aryl methyl sites for hydroxylation is 1. The summed E-state index contributed by atoms with van der Waals surface area (Å²) in [7, 11) is 0. The van der Waals surface area contributed by atoms with Gasteiger partial charge in [0.15, 0.2) is 11.6 Å². The molecule has 1 aromatic carbocycles. The van der Waals surface area contributed by atoms with E-state index >= 15 is 4.39 Å². The quantitative estimate of drug-likeness (QED) is 0.231. The molecule has 0 spiro atoms. The number of halogens is 1. The molecule has 9 heteroatoms. The van der Waals surface area contributed by atoms with Gasteiger partial charge in [-0.2, -0.15) is 5.10 Å². The third-order valence-electron chi connectivity index (χ3n) is 6.13. The van der Waals surface area contributed by atoms with E-state index in [2.05, 4.69) is 49.9 Å². The van der Waals surface area contributed by atoms with Crippen molar-refractivity contribution in [1.82, 2.24) is 30.5 Å². The minimum Gasteiger partial charge on any atom is -0.345 e. The van der Waals surface area contributed by atoms with Gasteiger partial charge in [0, 0.05) is 51.6 Å². The largest absolute Gasteiger partial charge is 0.345 e. The van der Waals surface area contributed by atoms with Crippen LogP contribution >= 0.6 is 11.3 Å². The van der Waals surface area contributed by atoms with Crippen molar-refractivity contribution in [3.63, 3.8) is 0 Å². The molecule has 6 rings (SSSR count). The monoisotopic (exact) mass is 497 g/mol. The van der Waals surface area contributed by atoms with Crippen LogP contribution in [0.2, 0.25) is 0 Å². The molecule has 7 nitrogen and oxygen atoms in total. The summed E-state index contributed by atoms with van der Waals surface area (Å²) in [5.41, 5.74) is 5.08. The van der Waals surface area contributed by atoms with Crippen LogP contribution < -0.4 is 10.6 Å². The summed E-state index contributed by atoms with van der Waals surface area (Å²) in [5.74, 6) is 0.801. The van der Waals surface area contributed by atoms with E-state index in [1.54, 1.807) is 29.8 Å². The predicted octanol–water partition coefficient (Wildman–Crippen LogP) is 6.00. The number of allylic oxidation sites excluding steroid dienone is 2. The van der Waals surface area contributed by atoms with E-state index in [9.17, 15) is 0 Å². The summed E-state index contributed by atoms with van der Waals surface area (Å²) in [5, 5.41) is 14.3. The Hall–Kier alpha value is -4.08. The molecule has 0 unspecified atom stereocenters. The Morgan fingerprint density at radius 2 is 2.06 bits per heavy atom. The Labute approximate surface area is 211 Å². The second-order valence-electron chi connectivity index (χ2n) is 8.59. The molecule has 4 N–H and O–H groups in total. The van der Waals surface area contributed by atoms with Crippen LogP contribution in [0, 0.1) is 12.7 Å². The van der Waals surface area contributed by atoms with Crippen molar-refractivity contribution in [3.8, 4) is 22.6 Å². The van der Waals surface area contributed by atoms with E-state index in [0.29, 0.717) is 40.3 Å². The zero-order valence-electron chi connectivity index (χ0n) is 19.8. The number of fused-ring (bicyclic) bond motifs is 2. The molecule has 5 heterocycles. The van der Waals surface area contributed by atoms with Gasteiger partial charge in [0.2, 0.25) is 0 Å². The zero-order valence-corrected chi connectivity index (χ0v) is 20.6. The number of pyridine rings is 1. The lowest BCUT2D eigenvalue weighted by Crippen LogP contribution is -2.11. The highest BCUT2D eigenvalue weighted by molar-refractivity contribution is 7.13. The first-order valence-corrected chi connectivity index (χ1v) is 12.6. The first-order valence-electron chi connectivity index (χ1n) is 11.7. The minimum absolute atomic E-state index is 0.359. The van der Waals surface area contributed by atoms with Crippen LogP contribution in [-0.4, -0.2) is 31.7 Å². The van der Waals surface area contributed by atoms with Gasteiger partial charge in [0.25, 0.3) is 0 Å². The number of imidazole rings is 1. The lowest BCUT2D eigenvalue weighted by molar-refractivity contribution is 0.643. The molecule has 0 saturated heterocycles. The van der Waals surface area contributed by atoms with Gasteiger partial charge < -0.3 is 15.6 Å². The molecule has 0 saturated carbocycles. The van der Waals surface area contributed by atoms with Gasteiger partial charge >= 0.3 is 0 Å². The van der Waals surface area contributed by atoms with E-state index in [1.807, 2.05) is 37.4 Å². The maximum Gasteiger partial charge on any atom is 0.161 e. The standard InChI is InChI=1S/C27H24FN7S/c1-3-29-12-16-11-17(14-30-13-16)18-7-8-20-22(23(18)28)25(35-34-20)27-32-24-19(21-9-6-15(2)36-21)5-4-10-31-26(24)33-27/h4-11,13-14,29,31H,3,12H2,1-2H3,(H,32,33)(H,34,35). The molecule has 180 valence electrons. The van der Waals surface area contributed by atoms with E-state index in [4.69, 9.17) is 4.98 Å². The van der Waals surface area contributed by atoms with Gasteiger partial charge in [0.05, 0.1) is 16.6 Å². The third kappa shape index (κ3) is 3.92. The Balaban J connectivity index is 1.44. The molecule has 0 fully saturated rings. The van der Waals surface area contributed by atoms with E-state index in [0.717, 1.165) is 33.8 Å². The Morgan fingerprint density at radius 3 is 2.89 bits per heavy atom. The molecule has 0 aliphatic carbocycles. The average molecular weight is 498 g/mol. The van der Waals surface area contributed by atoms with Crippen molar-refractivity contribution in [2.75, 3.05) is 11.9 Å². The molecule has 0 bridgehead atoms. The number of benzene rings is 1. The number of H-pyrrole nitrogens is 2. The van der Waals surface area contributed by atoms with Crippen LogP contribution in [0.1, 0.15) is 27.9 Å². The van der Waals surface area contributed by atoms with Crippen LogP contribution in [0.4, 0.5) is 10.2 Å². The Morgan fingerprint density at radius 1 is 1.14 bits per heavy atom. The topological polar surface area (TPSA) is 94.3 Å². The van der Waals surface area contributed by atoms with Crippen molar-refractivity contribution in [3.05, 3.63) is 87.9 Å². The summed E-state index contributed by atoms with van der Waals surface area (Å²) >= 11 is 1.71. The highest BCUT2D eigenvalue weighted by Crippen LogP contribution is 2.38. The number of thiophene rings is 1. The van der Waals surface area contributed by atoms with Crippen molar-refractivity contribution < 1.29 is 4.39 Å². The van der Waals surface area contributed by atoms with Gasteiger partial charge in [0.1, 0.15) is 11.5 Å².